The lowest BCUT2D eigenvalue weighted by Gasteiger charge is -2.08. The highest BCUT2D eigenvalue weighted by Gasteiger charge is 2.05. The molecule has 2 aromatic rings. The first-order chi connectivity index (χ1) is 9.06. The molecule has 0 aromatic heterocycles. The van der Waals surface area contributed by atoms with Crippen molar-refractivity contribution in [1.29, 1.82) is 0 Å². The predicted octanol–water partition coefficient (Wildman–Crippen LogP) is 3.27. The lowest BCUT2D eigenvalue weighted by molar-refractivity contribution is 0.463. The summed E-state index contributed by atoms with van der Waals surface area (Å²) in [7, 11) is 0. The number of aryl methyl sites for hydroxylation is 1. The van der Waals surface area contributed by atoms with Crippen molar-refractivity contribution in [3.63, 3.8) is 0 Å². The molecule has 0 aliphatic carbocycles. The molecule has 0 aliphatic rings. The van der Waals surface area contributed by atoms with Crippen LogP contribution < -0.4 is 5.32 Å². The molecule has 0 heterocycles. The van der Waals surface area contributed by atoms with Crippen LogP contribution in [-0.4, -0.2) is 5.11 Å². The van der Waals surface area contributed by atoms with Crippen LogP contribution in [0, 0.1) is 18.6 Å². The van der Waals surface area contributed by atoms with E-state index in [1.54, 1.807) is 6.07 Å². The molecule has 0 fully saturated rings. The number of benzene rings is 2. The van der Waals surface area contributed by atoms with Crippen LogP contribution in [0.5, 0.6) is 5.75 Å². The number of phenols is 1. The van der Waals surface area contributed by atoms with Gasteiger partial charge in [-0.1, -0.05) is 23.8 Å². The lowest BCUT2D eigenvalue weighted by atomic mass is 10.1. The molecule has 100 valence electrons. The van der Waals surface area contributed by atoms with Crippen molar-refractivity contribution in [2.24, 2.45) is 0 Å². The summed E-state index contributed by atoms with van der Waals surface area (Å²) in [4.78, 5) is 0. The predicted molar refractivity (Wildman–Crippen MR) is 69.7 cm³/mol. The van der Waals surface area contributed by atoms with Crippen LogP contribution in [0.25, 0.3) is 0 Å². The van der Waals surface area contributed by atoms with Crippen LogP contribution in [-0.2, 0) is 13.1 Å². The molecule has 0 aliphatic heterocycles. The number of rotatable bonds is 4. The van der Waals surface area contributed by atoms with E-state index in [0.29, 0.717) is 12.1 Å². The molecule has 2 N–H and O–H groups in total. The topological polar surface area (TPSA) is 32.3 Å². The Kier molecular flexibility index (Phi) is 4.12. The number of hydrogen-bond donors (Lipinski definition) is 2. The summed E-state index contributed by atoms with van der Waals surface area (Å²) in [6.07, 6.45) is 0. The lowest BCUT2D eigenvalue weighted by Crippen LogP contribution is -2.14. The minimum Gasteiger partial charge on any atom is -0.508 e. The van der Waals surface area contributed by atoms with Gasteiger partial charge in [0.2, 0.25) is 0 Å². The van der Waals surface area contributed by atoms with E-state index in [1.165, 1.54) is 12.1 Å². The first kappa shape index (κ1) is 13.5. The van der Waals surface area contributed by atoms with Gasteiger partial charge in [0.05, 0.1) is 0 Å². The van der Waals surface area contributed by atoms with Crippen LogP contribution in [0.3, 0.4) is 0 Å². The van der Waals surface area contributed by atoms with Gasteiger partial charge in [-0.15, -0.1) is 0 Å². The van der Waals surface area contributed by atoms with Crippen LogP contribution >= 0.6 is 0 Å². The number of aromatic hydroxyl groups is 1. The van der Waals surface area contributed by atoms with E-state index in [9.17, 15) is 13.9 Å². The van der Waals surface area contributed by atoms with Gasteiger partial charge in [0.25, 0.3) is 0 Å². The maximum Gasteiger partial charge on any atom is 0.130 e. The van der Waals surface area contributed by atoms with Gasteiger partial charge in [0, 0.05) is 30.3 Å². The van der Waals surface area contributed by atoms with Crippen LogP contribution in [0.1, 0.15) is 16.7 Å². The van der Waals surface area contributed by atoms with Crippen molar-refractivity contribution >= 4 is 0 Å². The van der Waals surface area contributed by atoms with Gasteiger partial charge in [-0.2, -0.15) is 0 Å². The van der Waals surface area contributed by atoms with Gasteiger partial charge >= 0.3 is 0 Å². The van der Waals surface area contributed by atoms with Gasteiger partial charge in [-0.25, -0.2) is 8.78 Å². The van der Waals surface area contributed by atoms with Crippen LogP contribution in [0.4, 0.5) is 8.78 Å². The van der Waals surface area contributed by atoms with E-state index in [-0.39, 0.29) is 12.3 Å². The maximum absolute atomic E-state index is 13.4. The Morgan fingerprint density at radius 2 is 1.74 bits per heavy atom. The number of hydrogen-bond acceptors (Lipinski definition) is 2. The van der Waals surface area contributed by atoms with Gasteiger partial charge in [0.1, 0.15) is 17.4 Å². The van der Waals surface area contributed by atoms with Crippen molar-refractivity contribution in [3.8, 4) is 5.75 Å². The quantitative estimate of drug-likeness (QED) is 0.887. The normalized spacial score (nSPS) is 10.7. The average molecular weight is 263 g/mol. The maximum atomic E-state index is 13.4. The Hall–Kier alpha value is -1.94. The highest BCUT2D eigenvalue weighted by atomic mass is 19.1. The fraction of sp³-hybridized carbons (Fsp3) is 0.200. The third-order valence-corrected chi connectivity index (χ3v) is 2.88. The molecule has 0 spiro atoms. The summed E-state index contributed by atoms with van der Waals surface area (Å²) < 4.78 is 26.1. The number of phenolic OH excluding ortho intramolecular Hbond substituents is 1. The smallest absolute Gasteiger partial charge is 0.130 e. The van der Waals surface area contributed by atoms with Gasteiger partial charge in [-0.3, -0.25) is 0 Å². The summed E-state index contributed by atoms with van der Waals surface area (Å²) in [5.41, 5.74) is 2.19. The molecule has 0 unspecified atom stereocenters. The van der Waals surface area contributed by atoms with Crippen molar-refractivity contribution in [2.75, 3.05) is 0 Å². The first-order valence-electron chi connectivity index (χ1n) is 5.99. The van der Waals surface area contributed by atoms with Crippen molar-refractivity contribution < 1.29 is 13.9 Å². The van der Waals surface area contributed by atoms with Gasteiger partial charge < -0.3 is 10.4 Å². The molecule has 0 amide bonds. The van der Waals surface area contributed by atoms with E-state index >= 15 is 0 Å². The molecule has 0 bridgehead atoms. The minimum absolute atomic E-state index is 0.206. The second-order valence-corrected chi connectivity index (χ2v) is 4.47. The largest absolute Gasteiger partial charge is 0.508 e. The Balaban J connectivity index is 1.98. The SMILES string of the molecule is Cc1ccc(O)c(CNCc2ccc(F)cc2F)c1. The summed E-state index contributed by atoms with van der Waals surface area (Å²) in [6.45, 7) is 2.63. The second kappa shape index (κ2) is 5.80. The van der Waals surface area contributed by atoms with Gasteiger partial charge in [-0.05, 0) is 19.1 Å². The standard InChI is InChI=1S/C15H15F2NO/c1-10-2-5-15(19)12(6-10)9-18-8-11-3-4-13(16)7-14(11)17/h2-7,18-19H,8-9H2,1H3. The zero-order valence-electron chi connectivity index (χ0n) is 10.6. The summed E-state index contributed by atoms with van der Waals surface area (Å²) in [5.74, 6) is -0.948. The number of nitrogens with one attached hydrogen (secondary N) is 1. The molecular weight excluding hydrogens is 248 g/mol. The Labute approximate surface area is 110 Å². The molecular formula is C15H15F2NO. The zero-order valence-corrected chi connectivity index (χ0v) is 10.6. The molecule has 0 saturated heterocycles. The van der Waals surface area contributed by atoms with Crippen molar-refractivity contribution in [3.05, 3.63) is 64.7 Å². The van der Waals surface area contributed by atoms with E-state index in [2.05, 4.69) is 5.32 Å². The monoisotopic (exact) mass is 263 g/mol. The van der Waals surface area contributed by atoms with Crippen molar-refractivity contribution in [1.82, 2.24) is 5.32 Å². The Bertz CT molecular complexity index is 584. The molecule has 0 saturated carbocycles. The van der Waals surface area contributed by atoms with Crippen LogP contribution in [0.15, 0.2) is 36.4 Å². The van der Waals surface area contributed by atoms with E-state index in [1.807, 2.05) is 19.1 Å². The first-order valence-corrected chi connectivity index (χ1v) is 5.99. The van der Waals surface area contributed by atoms with Crippen molar-refractivity contribution in [2.45, 2.75) is 20.0 Å². The number of halogens is 2. The van der Waals surface area contributed by atoms with E-state index in [4.69, 9.17) is 0 Å². The fourth-order valence-electron chi connectivity index (χ4n) is 1.85. The third kappa shape index (κ3) is 3.51. The molecule has 0 atom stereocenters. The minimum atomic E-state index is -0.586. The van der Waals surface area contributed by atoms with Crippen LogP contribution in [0.2, 0.25) is 0 Å². The van der Waals surface area contributed by atoms with E-state index in [0.717, 1.165) is 17.2 Å². The van der Waals surface area contributed by atoms with E-state index < -0.39 is 11.6 Å². The molecule has 0 radical (unpaired) electrons. The highest BCUT2D eigenvalue weighted by molar-refractivity contribution is 5.35. The Morgan fingerprint density at radius 1 is 1.00 bits per heavy atom. The Morgan fingerprint density at radius 3 is 2.47 bits per heavy atom. The molecule has 2 rings (SSSR count). The van der Waals surface area contributed by atoms with Gasteiger partial charge in [0.15, 0.2) is 0 Å². The average Bonchev–Trinajstić information content (AvgIpc) is 2.36. The second-order valence-electron chi connectivity index (χ2n) is 4.47. The molecule has 2 aromatic carbocycles. The highest BCUT2D eigenvalue weighted by Crippen LogP contribution is 2.18. The summed E-state index contributed by atoms with van der Waals surface area (Å²) >= 11 is 0. The summed E-state index contributed by atoms with van der Waals surface area (Å²) in [5, 5.41) is 12.7. The zero-order chi connectivity index (χ0) is 13.8. The molecule has 2 nitrogen and oxygen atoms in total. The molecule has 4 heteroatoms. The fourth-order valence-corrected chi connectivity index (χ4v) is 1.85. The summed E-state index contributed by atoms with van der Waals surface area (Å²) in [6, 6.07) is 8.81. The molecule has 19 heavy (non-hydrogen) atoms. The third-order valence-electron chi connectivity index (χ3n) is 2.88.